The molecule has 0 atom stereocenters. The van der Waals surface area contributed by atoms with Gasteiger partial charge < -0.3 is 9.64 Å². The lowest BCUT2D eigenvalue weighted by Crippen LogP contribution is -2.48. The Kier molecular flexibility index (Phi) is 5.58. The molecule has 1 aromatic carbocycles. The molecule has 1 heterocycles. The molecular weight excluding hydrogens is 379 g/mol. The van der Waals surface area contributed by atoms with Crippen LogP contribution >= 0.6 is 22.9 Å². The first-order valence-corrected chi connectivity index (χ1v) is 8.30. The third kappa shape index (κ3) is 5.05. The van der Waals surface area contributed by atoms with Crippen molar-refractivity contribution in [2.24, 2.45) is 0 Å². The van der Waals surface area contributed by atoms with Gasteiger partial charge in [-0.3, -0.25) is 4.79 Å². The number of carbonyl (C=O) groups excluding carboxylic acids is 1. The molecule has 25 heavy (non-hydrogen) atoms. The third-order valence-electron chi connectivity index (χ3n) is 2.97. The number of alkyl halides is 3. The Morgan fingerprint density at radius 1 is 1.20 bits per heavy atom. The number of ether oxygens (including phenoxy) is 1. The first-order valence-electron chi connectivity index (χ1n) is 7.10. The van der Waals surface area contributed by atoms with E-state index in [2.05, 4.69) is 10.2 Å². The van der Waals surface area contributed by atoms with E-state index in [1.807, 2.05) is 20.8 Å². The number of hydrogen-bond donors (Lipinski definition) is 0. The van der Waals surface area contributed by atoms with Gasteiger partial charge in [0.25, 0.3) is 11.1 Å². The number of anilines is 1. The number of benzene rings is 1. The number of hydrogen-bond acceptors (Lipinski definition) is 5. The van der Waals surface area contributed by atoms with Crippen molar-refractivity contribution >= 4 is 34.5 Å². The fourth-order valence-corrected chi connectivity index (χ4v) is 2.75. The SMILES string of the molecule is CC(C)(C)N(C(=O)COc1nnc(C(F)(F)F)s1)c1ccc(Cl)cc1. The number of nitrogens with zero attached hydrogens (tertiary/aromatic N) is 3. The summed E-state index contributed by atoms with van der Waals surface area (Å²) in [7, 11) is 0. The average molecular weight is 394 g/mol. The lowest BCUT2D eigenvalue weighted by atomic mass is 10.0. The number of rotatable bonds is 4. The van der Waals surface area contributed by atoms with Gasteiger partial charge >= 0.3 is 6.18 Å². The number of amides is 1. The lowest BCUT2D eigenvalue weighted by molar-refractivity contribution is -0.138. The zero-order valence-corrected chi connectivity index (χ0v) is 15.2. The molecule has 0 saturated carbocycles. The molecular formula is C15H15ClF3N3O2S. The van der Waals surface area contributed by atoms with Gasteiger partial charge in [0.2, 0.25) is 5.01 Å². The van der Waals surface area contributed by atoms with Crippen LogP contribution < -0.4 is 9.64 Å². The van der Waals surface area contributed by atoms with Crippen molar-refractivity contribution in [2.75, 3.05) is 11.5 Å². The maximum absolute atomic E-state index is 12.6. The predicted octanol–water partition coefficient (Wildman–Crippen LogP) is 4.42. The van der Waals surface area contributed by atoms with Crippen LogP contribution in [0.15, 0.2) is 24.3 Å². The summed E-state index contributed by atoms with van der Waals surface area (Å²) >= 11 is 6.10. The molecule has 0 fully saturated rings. The highest BCUT2D eigenvalue weighted by atomic mass is 35.5. The summed E-state index contributed by atoms with van der Waals surface area (Å²) in [4.78, 5) is 14.0. The monoisotopic (exact) mass is 393 g/mol. The first kappa shape index (κ1) is 19.5. The van der Waals surface area contributed by atoms with Gasteiger partial charge in [-0.15, -0.1) is 5.10 Å². The van der Waals surface area contributed by atoms with E-state index in [9.17, 15) is 18.0 Å². The maximum Gasteiger partial charge on any atom is 0.445 e. The van der Waals surface area contributed by atoms with Crippen LogP contribution in [0.4, 0.5) is 18.9 Å². The summed E-state index contributed by atoms with van der Waals surface area (Å²) in [6.45, 7) is 5.01. The largest absolute Gasteiger partial charge is 0.459 e. The fraction of sp³-hybridized carbons (Fsp3) is 0.400. The molecule has 10 heteroatoms. The second kappa shape index (κ2) is 7.17. The van der Waals surface area contributed by atoms with Crippen LogP contribution in [0.5, 0.6) is 5.19 Å². The highest BCUT2D eigenvalue weighted by Crippen LogP contribution is 2.34. The van der Waals surface area contributed by atoms with E-state index in [1.54, 1.807) is 24.3 Å². The second-order valence-electron chi connectivity index (χ2n) is 6.04. The van der Waals surface area contributed by atoms with Crippen LogP contribution in [0.25, 0.3) is 0 Å². The number of halogens is 4. The van der Waals surface area contributed by atoms with Crippen molar-refractivity contribution in [3.05, 3.63) is 34.3 Å². The molecule has 5 nitrogen and oxygen atoms in total. The molecule has 0 radical (unpaired) electrons. The van der Waals surface area contributed by atoms with Crippen LogP contribution in [0.2, 0.25) is 5.02 Å². The summed E-state index contributed by atoms with van der Waals surface area (Å²) in [5, 5.41) is 5.39. The minimum absolute atomic E-state index is 0.241. The molecule has 0 aliphatic heterocycles. The van der Waals surface area contributed by atoms with Crippen LogP contribution in [-0.4, -0.2) is 28.3 Å². The Morgan fingerprint density at radius 2 is 1.80 bits per heavy atom. The lowest BCUT2D eigenvalue weighted by Gasteiger charge is -2.35. The van der Waals surface area contributed by atoms with Crippen LogP contribution in [0.1, 0.15) is 25.8 Å². The Labute approximate surface area is 151 Å². The summed E-state index contributed by atoms with van der Waals surface area (Å²) in [6.07, 6.45) is -4.59. The molecule has 1 amide bonds. The van der Waals surface area contributed by atoms with Gasteiger partial charge in [0.05, 0.1) is 0 Å². The number of carbonyl (C=O) groups is 1. The van der Waals surface area contributed by atoms with Crippen LogP contribution in [0.3, 0.4) is 0 Å². The van der Waals surface area contributed by atoms with E-state index in [1.165, 1.54) is 4.90 Å². The second-order valence-corrected chi connectivity index (χ2v) is 7.41. The van der Waals surface area contributed by atoms with Gasteiger partial charge in [0, 0.05) is 16.2 Å². The molecule has 136 valence electrons. The topological polar surface area (TPSA) is 55.3 Å². The molecule has 0 N–H and O–H groups in total. The molecule has 0 aliphatic rings. The van der Waals surface area contributed by atoms with Crippen molar-refractivity contribution in [3.8, 4) is 5.19 Å². The van der Waals surface area contributed by atoms with Gasteiger partial charge in [-0.05, 0) is 45.0 Å². The summed E-state index contributed by atoms with van der Waals surface area (Å²) in [5.74, 6) is -0.432. The molecule has 2 aromatic rings. The summed E-state index contributed by atoms with van der Waals surface area (Å²) < 4.78 is 42.6. The van der Waals surface area contributed by atoms with E-state index in [-0.39, 0.29) is 16.5 Å². The Morgan fingerprint density at radius 3 is 2.28 bits per heavy atom. The maximum atomic E-state index is 12.6. The smallest absolute Gasteiger partial charge is 0.445 e. The van der Waals surface area contributed by atoms with E-state index in [4.69, 9.17) is 16.3 Å². The molecule has 0 spiro atoms. The summed E-state index contributed by atoms with van der Waals surface area (Å²) in [5.41, 5.74) is 0.0192. The molecule has 0 aliphatic carbocycles. The van der Waals surface area contributed by atoms with E-state index in [0.29, 0.717) is 10.7 Å². The molecule has 1 aromatic heterocycles. The van der Waals surface area contributed by atoms with Crippen molar-refractivity contribution in [1.82, 2.24) is 10.2 Å². The standard InChI is InChI=1S/C15H15ClF3N3O2S/c1-14(2,3)22(10-6-4-9(16)5-7-10)11(23)8-24-13-21-20-12(25-13)15(17,18)19/h4-7H,8H2,1-3H3. The Hall–Kier alpha value is -1.87. The predicted molar refractivity (Wildman–Crippen MR) is 89.1 cm³/mol. The molecule has 0 bridgehead atoms. The molecule has 0 saturated heterocycles. The van der Waals surface area contributed by atoms with Crippen molar-refractivity contribution in [3.63, 3.8) is 0 Å². The normalized spacial score (nSPS) is 12.1. The highest BCUT2D eigenvalue weighted by Gasteiger charge is 2.36. The van der Waals surface area contributed by atoms with E-state index >= 15 is 0 Å². The van der Waals surface area contributed by atoms with Gasteiger partial charge in [0.15, 0.2) is 6.61 Å². The Balaban J connectivity index is 2.13. The van der Waals surface area contributed by atoms with Crippen molar-refractivity contribution in [2.45, 2.75) is 32.5 Å². The highest BCUT2D eigenvalue weighted by molar-refractivity contribution is 7.13. The zero-order valence-electron chi connectivity index (χ0n) is 13.6. The van der Waals surface area contributed by atoms with Crippen molar-refractivity contribution < 1.29 is 22.7 Å². The quantitative estimate of drug-likeness (QED) is 0.771. The Bertz CT molecular complexity index is 742. The van der Waals surface area contributed by atoms with Gasteiger partial charge in [-0.1, -0.05) is 28.0 Å². The molecule has 2 rings (SSSR count). The minimum atomic E-state index is -4.59. The third-order valence-corrected chi connectivity index (χ3v) is 4.11. The van der Waals surface area contributed by atoms with Crippen LogP contribution in [-0.2, 0) is 11.0 Å². The van der Waals surface area contributed by atoms with E-state index in [0.717, 1.165) is 0 Å². The first-order chi connectivity index (χ1) is 11.5. The minimum Gasteiger partial charge on any atom is -0.459 e. The fourth-order valence-electron chi connectivity index (χ4n) is 2.07. The van der Waals surface area contributed by atoms with Crippen LogP contribution in [0, 0.1) is 0 Å². The van der Waals surface area contributed by atoms with Crippen molar-refractivity contribution in [1.29, 1.82) is 0 Å². The van der Waals surface area contributed by atoms with Gasteiger partial charge in [0.1, 0.15) is 0 Å². The van der Waals surface area contributed by atoms with Gasteiger partial charge in [-0.25, -0.2) is 0 Å². The van der Waals surface area contributed by atoms with Gasteiger partial charge in [-0.2, -0.15) is 13.2 Å². The summed E-state index contributed by atoms with van der Waals surface area (Å²) in [6, 6.07) is 6.64. The van der Waals surface area contributed by atoms with E-state index < -0.39 is 29.2 Å². The average Bonchev–Trinajstić information content (AvgIpc) is 2.95. The number of aromatic nitrogens is 2. The molecule has 0 unspecified atom stereocenters. The zero-order chi connectivity index (χ0) is 18.8.